The quantitative estimate of drug-likeness (QED) is 0.169. The summed E-state index contributed by atoms with van der Waals surface area (Å²) in [6.45, 7) is 35.4. The minimum atomic E-state index is 0.0480. The summed E-state index contributed by atoms with van der Waals surface area (Å²) >= 11 is 5.94. The molecule has 6 rings (SSSR count). The zero-order valence-electron chi connectivity index (χ0n) is 35.1. The molecule has 1 aliphatic carbocycles. The lowest BCUT2D eigenvalue weighted by molar-refractivity contribution is 0.105. The first-order chi connectivity index (χ1) is 24.4. The topological polar surface area (TPSA) is 6.48 Å². The normalized spacial score (nSPS) is 18.8. The number of halogens is 1. The van der Waals surface area contributed by atoms with E-state index in [1.165, 1.54) is 43.7 Å². The third kappa shape index (κ3) is 7.37. The minimum absolute atomic E-state index is 0.0480. The number of rotatable bonds is 6. The first kappa shape index (κ1) is 39.6. The molecule has 5 aromatic rings. The van der Waals surface area contributed by atoms with Gasteiger partial charge >= 0.3 is 0 Å². The third-order valence-corrected chi connectivity index (χ3v) is 14.5. The predicted octanol–water partition coefficient (Wildman–Crippen LogP) is 15.9. The summed E-state index contributed by atoms with van der Waals surface area (Å²) in [7, 11) is 0. The summed E-state index contributed by atoms with van der Waals surface area (Å²) in [5.74, 6) is 0.583. The number of fused-ring (bicyclic) bond motifs is 1. The van der Waals surface area contributed by atoms with E-state index in [1.807, 2.05) is 11.3 Å². The molecule has 4 heteroatoms. The fourth-order valence-electron chi connectivity index (χ4n) is 8.28. The highest BCUT2D eigenvalue weighted by molar-refractivity contribution is 9.10. The molecular weight excluding hydrogens is 729 g/mol. The molecule has 0 bridgehead atoms. The Balaban J connectivity index is 1.61. The fraction of sp³-hybridized carbons (Fsp3) is 0.469. The maximum absolute atomic E-state index is 4.07. The third-order valence-electron chi connectivity index (χ3n) is 12.9. The molecule has 0 spiro atoms. The molecular formula is C49H63BrN2S. The van der Waals surface area contributed by atoms with Gasteiger partial charge in [0.1, 0.15) is 0 Å². The second kappa shape index (κ2) is 13.6. The summed E-state index contributed by atoms with van der Waals surface area (Å²) in [6.07, 6.45) is 1.14. The van der Waals surface area contributed by atoms with E-state index in [0.717, 1.165) is 28.0 Å². The smallest absolute Gasteiger partial charge is 0.0603 e. The molecule has 2 atom stereocenters. The molecule has 282 valence electrons. The highest BCUT2D eigenvalue weighted by Crippen LogP contribution is 2.60. The van der Waals surface area contributed by atoms with Crippen LogP contribution in [0.5, 0.6) is 0 Å². The largest absolute Gasteiger partial charge is 0.337 e. The Hall–Kier alpha value is -3.08. The van der Waals surface area contributed by atoms with E-state index in [-0.39, 0.29) is 27.1 Å². The van der Waals surface area contributed by atoms with Crippen LogP contribution in [0.2, 0.25) is 0 Å². The molecule has 2 unspecified atom stereocenters. The molecule has 0 N–H and O–H groups in total. The van der Waals surface area contributed by atoms with E-state index < -0.39 is 0 Å². The number of aryl methyl sites for hydroxylation is 1. The molecule has 1 aromatic heterocycles. The Morgan fingerprint density at radius 2 is 1.17 bits per heavy atom. The van der Waals surface area contributed by atoms with Gasteiger partial charge in [0.25, 0.3) is 0 Å². The molecule has 2 nitrogen and oxygen atoms in total. The number of nitrogens with zero attached hydrogens (tertiary/aromatic N) is 2. The Morgan fingerprint density at radius 3 is 1.72 bits per heavy atom. The van der Waals surface area contributed by atoms with Gasteiger partial charge in [-0.25, -0.2) is 0 Å². The molecule has 53 heavy (non-hydrogen) atoms. The zero-order chi connectivity index (χ0) is 39.1. The minimum Gasteiger partial charge on any atom is -0.337 e. The van der Waals surface area contributed by atoms with Crippen LogP contribution in [0.4, 0.5) is 28.4 Å². The summed E-state index contributed by atoms with van der Waals surface area (Å²) in [6, 6.07) is 30.8. The lowest BCUT2D eigenvalue weighted by Gasteiger charge is -2.45. The van der Waals surface area contributed by atoms with Gasteiger partial charge in [-0.1, -0.05) is 121 Å². The van der Waals surface area contributed by atoms with Crippen molar-refractivity contribution in [2.75, 3.05) is 9.80 Å². The van der Waals surface area contributed by atoms with Crippen molar-refractivity contribution in [1.82, 2.24) is 0 Å². The highest BCUT2D eigenvalue weighted by atomic mass is 79.9. The van der Waals surface area contributed by atoms with Gasteiger partial charge in [0.15, 0.2) is 0 Å². The van der Waals surface area contributed by atoms with Gasteiger partial charge in [-0.3, -0.25) is 0 Å². The van der Waals surface area contributed by atoms with Crippen molar-refractivity contribution in [3.05, 3.63) is 111 Å². The summed E-state index contributed by atoms with van der Waals surface area (Å²) in [5, 5.41) is 3.78. The van der Waals surface area contributed by atoms with E-state index in [9.17, 15) is 0 Å². The Labute approximate surface area is 334 Å². The van der Waals surface area contributed by atoms with Crippen molar-refractivity contribution >= 4 is 65.8 Å². The van der Waals surface area contributed by atoms with Crippen molar-refractivity contribution in [2.24, 2.45) is 16.7 Å². The van der Waals surface area contributed by atoms with Crippen LogP contribution < -0.4 is 9.80 Å². The van der Waals surface area contributed by atoms with Crippen LogP contribution in [0.3, 0.4) is 0 Å². The number of hydrogen-bond donors (Lipinski definition) is 0. The van der Waals surface area contributed by atoms with E-state index in [2.05, 4.69) is 214 Å². The van der Waals surface area contributed by atoms with Gasteiger partial charge in [-0.05, 0) is 139 Å². The average Bonchev–Trinajstić information content (AvgIpc) is 3.53. The summed E-state index contributed by atoms with van der Waals surface area (Å²) in [5.41, 5.74) is 11.7. The average molecular weight is 792 g/mol. The van der Waals surface area contributed by atoms with Crippen molar-refractivity contribution in [3.63, 3.8) is 0 Å². The van der Waals surface area contributed by atoms with Crippen LogP contribution >= 0.6 is 27.3 Å². The van der Waals surface area contributed by atoms with E-state index >= 15 is 0 Å². The Bertz CT molecular complexity index is 2110. The van der Waals surface area contributed by atoms with E-state index in [1.54, 1.807) is 0 Å². The maximum Gasteiger partial charge on any atom is 0.0603 e. The monoisotopic (exact) mass is 790 g/mol. The number of anilines is 5. The molecule has 0 radical (unpaired) electrons. The van der Waals surface area contributed by atoms with E-state index in [0.29, 0.717) is 12.0 Å². The number of benzene rings is 4. The molecule has 1 heterocycles. The first-order valence-electron chi connectivity index (χ1n) is 19.5. The van der Waals surface area contributed by atoms with Crippen LogP contribution in [0, 0.1) is 23.7 Å². The molecule has 0 aliphatic heterocycles. The Kier molecular flexibility index (Phi) is 10.2. The van der Waals surface area contributed by atoms with Gasteiger partial charge in [0.2, 0.25) is 0 Å². The van der Waals surface area contributed by atoms with Crippen molar-refractivity contribution in [3.8, 4) is 0 Å². The second-order valence-corrected chi connectivity index (χ2v) is 21.9. The molecule has 4 aromatic carbocycles. The van der Waals surface area contributed by atoms with Crippen LogP contribution in [-0.4, -0.2) is 6.04 Å². The lowest BCUT2D eigenvalue weighted by Crippen LogP contribution is -2.44. The maximum atomic E-state index is 4.07. The van der Waals surface area contributed by atoms with Crippen LogP contribution in [0.25, 0.3) is 10.1 Å². The standard InChI is InChI=1S/C49H63BrN2S/c1-31-24-37(51(36-20-16-33(17-21-36)45(3,4)5)41-22-18-35(28-40(41)50)47(9,10)11)29-38(25-31)52(44-26-32(2)48(12,13)49(44,14)15)42-30-53-43-23-19-34(27-39(42)43)46(6,7)8/h16-25,27-30,32,44H,26H2,1-15H3. The Morgan fingerprint density at radius 1 is 0.623 bits per heavy atom. The lowest BCUT2D eigenvalue weighted by atomic mass is 9.66. The highest BCUT2D eigenvalue weighted by Gasteiger charge is 2.55. The van der Waals surface area contributed by atoms with Crippen molar-refractivity contribution in [2.45, 2.75) is 133 Å². The van der Waals surface area contributed by atoms with Crippen LogP contribution in [-0.2, 0) is 16.2 Å². The zero-order valence-corrected chi connectivity index (χ0v) is 37.5. The second-order valence-electron chi connectivity index (χ2n) is 20.1. The fourth-order valence-corrected chi connectivity index (χ4v) is 9.75. The number of hydrogen-bond acceptors (Lipinski definition) is 3. The number of thiophene rings is 1. The van der Waals surface area contributed by atoms with Gasteiger partial charge in [-0.2, -0.15) is 0 Å². The predicted molar refractivity (Wildman–Crippen MR) is 239 cm³/mol. The molecule has 1 saturated carbocycles. The van der Waals surface area contributed by atoms with E-state index in [4.69, 9.17) is 0 Å². The SMILES string of the molecule is Cc1cc(N(c2ccc(C(C)(C)C)cc2)c2ccc(C(C)(C)C)cc2Br)cc(N(c2csc3ccc(C(C)(C)C)cc23)C2CC(C)C(C)(C)C2(C)C)c1. The molecule has 1 fully saturated rings. The van der Waals surface area contributed by atoms with Crippen LogP contribution in [0.1, 0.15) is 126 Å². The molecule has 0 saturated heterocycles. The van der Waals surface area contributed by atoms with Gasteiger partial charge in [0.05, 0.1) is 11.4 Å². The van der Waals surface area contributed by atoms with Crippen molar-refractivity contribution in [1.29, 1.82) is 0 Å². The summed E-state index contributed by atoms with van der Waals surface area (Å²) < 4.78 is 2.44. The van der Waals surface area contributed by atoms with Gasteiger partial charge in [-0.15, -0.1) is 11.3 Å². The van der Waals surface area contributed by atoms with Gasteiger partial charge in [0, 0.05) is 43.0 Å². The van der Waals surface area contributed by atoms with Gasteiger partial charge < -0.3 is 9.80 Å². The van der Waals surface area contributed by atoms with Crippen molar-refractivity contribution < 1.29 is 0 Å². The molecule has 0 amide bonds. The molecule has 1 aliphatic rings. The van der Waals surface area contributed by atoms with Crippen LogP contribution in [0.15, 0.2) is 88.7 Å². The summed E-state index contributed by atoms with van der Waals surface area (Å²) in [4.78, 5) is 5.19. The first-order valence-corrected chi connectivity index (χ1v) is 21.2.